The molecule has 30 heavy (non-hydrogen) atoms. The number of benzene rings is 1. The maximum atomic E-state index is 12.6. The molecule has 1 N–H and O–H groups in total. The van der Waals surface area contributed by atoms with Gasteiger partial charge in [-0.1, -0.05) is 30.3 Å². The normalized spacial score (nSPS) is 12.0. The first kappa shape index (κ1) is 21.4. The highest BCUT2D eigenvalue weighted by molar-refractivity contribution is 5.84. The number of hydrogen-bond donors (Lipinski definition) is 1. The summed E-state index contributed by atoms with van der Waals surface area (Å²) >= 11 is 0. The van der Waals surface area contributed by atoms with Crippen molar-refractivity contribution in [1.82, 2.24) is 24.9 Å². The molecule has 1 amide bonds. The van der Waals surface area contributed by atoms with Crippen LogP contribution in [0.25, 0.3) is 5.78 Å². The summed E-state index contributed by atoms with van der Waals surface area (Å²) in [5.74, 6) is 0.569. The summed E-state index contributed by atoms with van der Waals surface area (Å²) in [5.41, 5.74) is 3.65. The molecule has 0 spiro atoms. The van der Waals surface area contributed by atoms with Crippen LogP contribution in [0.5, 0.6) is 0 Å². The number of nitrogens with one attached hydrogen (secondary N) is 1. The van der Waals surface area contributed by atoms with E-state index in [1.165, 1.54) is 0 Å². The van der Waals surface area contributed by atoms with Gasteiger partial charge < -0.3 is 10.1 Å². The van der Waals surface area contributed by atoms with Crippen molar-refractivity contribution in [2.45, 2.75) is 53.0 Å². The minimum atomic E-state index is -0.722. The smallest absolute Gasteiger partial charge is 0.328 e. The lowest BCUT2D eigenvalue weighted by molar-refractivity contribution is -0.147. The van der Waals surface area contributed by atoms with Gasteiger partial charge in [-0.05, 0) is 45.2 Å². The summed E-state index contributed by atoms with van der Waals surface area (Å²) in [4.78, 5) is 33.8. The van der Waals surface area contributed by atoms with E-state index in [1.807, 2.05) is 51.1 Å². The van der Waals surface area contributed by atoms with Gasteiger partial charge in [-0.3, -0.25) is 4.79 Å². The fourth-order valence-electron chi connectivity index (χ4n) is 3.46. The van der Waals surface area contributed by atoms with Crippen LogP contribution in [0.15, 0.2) is 30.3 Å². The Morgan fingerprint density at radius 2 is 1.87 bits per heavy atom. The van der Waals surface area contributed by atoms with E-state index in [1.54, 1.807) is 11.4 Å². The van der Waals surface area contributed by atoms with Crippen molar-refractivity contribution in [3.05, 3.63) is 58.7 Å². The number of rotatable bonds is 8. The minimum Gasteiger partial charge on any atom is -0.464 e. The number of hydrogen-bond acceptors (Lipinski definition) is 6. The van der Waals surface area contributed by atoms with Gasteiger partial charge in [0.2, 0.25) is 5.91 Å². The third kappa shape index (κ3) is 5.00. The molecule has 0 unspecified atom stereocenters. The zero-order chi connectivity index (χ0) is 21.7. The molecular weight excluding hydrogens is 382 g/mol. The number of aromatic nitrogens is 4. The largest absolute Gasteiger partial charge is 0.464 e. The number of esters is 1. The molecule has 0 aliphatic heterocycles. The topological polar surface area (TPSA) is 98.5 Å². The van der Waals surface area contributed by atoms with E-state index < -0.39 is 12.0 Å². The number of aryl methyl sites for hydroxylation is 3. The van der Waals surface area contributed by atoms with Crippen molar-refractivity contribution >= 4 is 17.7 Å². The van der Waals surface area contributed by atoms with Crippen LogP contribution in [0.4, 0.5) is 0 Å². The second kappa shape index (κ2) is 9.47. The Morgan fingerprint density at radius 1 is 1.13 bits per heavy atom. The fourth-order valence-corrected chi connectivity index (χ4v) is 3.46. The number of fused-ring (bicyclic) bond motifs is 1. The van der Waals surface area contributed by atoms with Crippen molar-refractivity contribution in [2.24, 2.45) is 0 Å². The number of ether oxygens (including phenoxy) is 1. The van der Waals surface area contributed by atoms with Crippen molar-refractivity contribution in [3.8, 4) is 0 Å². The lowest BCUT2D eigenvalue weighted by atomic mass is 10.0. The Hall–Kier alpha value is -3.29. The Morgan fingerprint density at radius 3 is 2.57 bits per heavy atom. The summed E-state index contributed by atoms with van der Waals surface area (Å²) in [6.07, 6.45) is 1.11. The number of carbonyl (C=O) groups excluding carboxylic acids is 2. The second-order valence-corrected chi connectivity index (χ2v) is 7.19. The van der Waals surface area contributed by atoms with E-state index in [0.717, 1.165) is 22.5 Å². The molecule has 1 atom stereocenters. The number of carbonyl (C=O) groups is 2. The molecule has 0 radical (unpaired) electrons. The van der Waals surface area contributed by atoms with Crippen LogP contribution in [-0.2, 0) is 27.2 Å². The minimum absolute atomic E-state index is 0.211. The van der Waals surface area contributed by atoms with Crippen molar-refractivity contribution in [2.75, 3.05) is 6.61 Å². The number of amides is 1. The van der Waals surface area contributed by atoms with Crippen LogP contribution in [0.3, 0.4) is 0 Å². The standard InChI is InChI=1S/C22H27N5O3/c1-5-30-21(29)19(13-17-9-7-6-8-10-17)25-20(28)12-11-18-14(2)23-22-24-16(4)26-27(22)15(18)3/h6-10,19H,5,11-13H2,1-4H3,(H,25,28)/t19-/m1/s1. The highest BCUT2D eigenvalue weighted by Crippen LogP contribution is 2.16. The van der Waals surface area contributed by atoms with E-state index in [0.29, 0.717) is 24.4 Å². The molecule has 8 heteroatoms. The average Bonchev–Trinajstić information content (AvgIpc) is 3.08. The highest BCUT2D eigenvalue weighted by Gasteiger charge is 2.23. The molecule has 0 aliphatic carbocycles. The first-order chi connectivity index (χ1) is 14.4. The third-order valence-electron chi connectivity index (χ3n) is 4.95. The predicted octanol–water partition coefficient (Wildman–Crippen LogP) is 2.27. The monoisotopic (exact) mass is 409 g/mol. The Kier molecular flexibility index (Phi) is 6.76. The molecule has 3 aromatic rings. The van der Waals surface area contributed by atoms with E-state index >= 15 is 0 Å². The van der Waals surface area contributed by atoms with Crippen LogP contribution in [0.1, 0.15) is 41.7 Å². The van der Waals surface area contributed by atoms with Gasteiger partial charge in [0.1, 0.15) is 11.9 Å². The third-order valence-corrected chi connectivity index (χ3v) is 4.95. The zero-order valence-electron chi connectivity index (χ0n) is 17.8. The molecule has 158 valence electrons. The molecule has 2 aromatic heterocycles. The second-order valence-electron chi connectivity index (χ2n) is 7.19. The van der Waals surface area contributed by atoms with Crippen LogP contribution >= 0.6 is 0 Å². The maximum Gasteiger partial charge on any atom is 0.328 e. The summed E-state index contributed by atoms with van der Waals surface area (Å²) in [6.45, 7) is 7.68. The van der Waals surface area contributed by atoms with Gasteiger partial charge in [0, 0.05) is 24.2 Å². The molecule has 0 bridgehead atoms. The predicted molar refractivity (Wildman–Crippen MR) is 112 cm³/mol. The van der Waals surface area contributed by atoms with E-state index in [-0.39, 0.29) is 18.9 Å². The van der Waals surface area contributed by atoms with Gasteiger partial charge in [0.15, 0.2) is 0 Å². The van der Waals surface area contributed by atoms with E-state index in [4.69, 9.17) is 4.74 Å². The SMILES string of the molecule is CCOC(=O)[C@@H](Cc1ccccc1)NC(=O)CCc1c(C)nc2nc(C)nn2c1C. The van der Waals surface area contributed by atoms with Gasteiger partial charge in [-0.25, -0.2) is 14.3 Å². The molecule has 2 heterocycles. The van der Waals surface area contributed by atoms with Crippen LogP contribution in [-0.4, -0.2) is 44.1 Å². The van der Waals surface area contributed by atoms with Gasteiger partial charge >= 0.3 is 5.97 Å². The lowest BCUT2D eigenvalue weighted by Gasteiger charge is -2.18. The molecule has 1 aromatic carbocycles. The lowest BCUT2D eigenvalue weighted by Crippen LogP contribution is -2.43. The van der Waals surface area contributed by atoms with Crippen LogP contribution < -0.4 is 5.32 Å². The highest BCUT2D eigenvalue weighted by atomic mass is 16.5. The van der Waals surface area contributed by atoms with Crippen molar-refractivity contribution in [3.63, 3.8) is 0 Å². The van der Waals surface area contributed by atoms with E-state index in [9.17, 15) is 9.59 Å². The number of nitrogens with zero attached hydrogens (tertiary/aromatic N) is 4. The molecule has 0 saturated carbocycles. The van der Waals surface area contributed by atoms with Crippen LogP contribution in [0, 0.1) is 20.8 Å². The zero-order valence-corrected chi connectivity index (χ0v) is 17.8. The summed E-state index contributed by atoms with van der Waals surface area (Å²) in [7, 11) is 0. The summed E-state index contributed by atoms with van der Waals surface area (Å²) < 4.78 is 6.85. The average molecular weight is 409 g/mol. The fraction of sp³-hybridized carbons (Fsp3) is 0.409. The molecule has 0 saturated heterocycles. The molecule has 8 nitrogen and oxygen atoms in total. The first-order valence-electron chi connectivity index (χ1n) is 10.1. The molecule has 0 aliphatic rings. The maximum absolute atomic E-state index is 12.6. The van der Waals surface area contributed by atoms with Crippen molar-refractivity contribution < 1.29 is 14.3 Å². The Labute approximate surface area is 175 Å². The molecular formula is C22H27N5O3. The van der Waals surface area contributed by atoms with Crippen molar-refractivity contribution in [1.29, 1.82) is 0 Å². The van der Waals surface area contributed by atoms with Crippen LogP contribution in [0.2, 0.25) is 0 Å². The van der Waals surface area contributed by atoms with E-state index in [2.05, 4.69) is 20.4 Å². The Bertz CT molecular complexity index is 1050. The van der Waals surface area contributed by atoms with Gasteiger partial charge in [0.05, 0.1) is 6.61 Å². The first-order valence-corrected chi connectivity index (χ1v) is 10.1. The Balaban J connectivity index is 1.69. The van der Waals surface area contributed by atoms with Gasteiger partial charge in [-0.15, -0.1) is 0 Å². The summed E-state index contributed by atoms with van der Waals surface area (Å²) in [6, 6.07) is 8.84. The quantitative estimate of drug-likeness (QED) is 0.573. The molecule has 3 rings (SSSR count). The molecule has 0 fully saturated rings. The summed E-state index contributed by atoms with van der Waals surface area (Å²) in [5, 5.41) is 7.19. The van der Waals surface area contributed by atoms with Gasteiger partial charge in [-0.2, -0.15) is 10.1 Å². The van der Waals surface area contributed by atoms with Gasteiger partial charge in [0.25, 0.3) is 5.78 Å².